The molecule has 0 aliphatic heterocycles. The van der Waals surface area contributed by atoms with Crippen LogP contribution in [0, 0.1) is 0 Å². The fraction of sp³-hybridized carbons (Fsp3) is 0.250. The first-order valence-electron chi connectivity index (χ1n) is 8.36. The zero-order chi connectivity index (χ0) is 19.4. The van der Waals surface area contributed by atoms with Crippen LogP contribution >= 0.6 is 0 Å². The number of furan rings is 1. The molecule has 0 saturated heterocycles. The first-order valence-corrected chi connectivity index (χ1v) is 8.36. The monoisotopic (exact) mass is 376 g/mol. The highest BCUT2D eigenvalue weighted by atomic mass is 19.4. The molecular formula is C20H19F3N2O2. The van der Waals surface area contributed by atoms with Crippen molar-refractivity contribution in [2.45, 2.75) is 25.7 Å². The van der Waals surface area contributed by atoms with Gasteiger partial charge < -0.3 is 14.5 Å². The molecule has 3 rings (SSSR count). The second-order valence-corrected chi connectivity index (χ2v) is 6.07. The normalized spacial score (nSPS) is 12.8. The molecule has 0 saturated carbocycles. The van der Waals surface area contributed by atoms with Gasteiger partial charge in [0, 0.05) is 30.1 Å². The van der Waals surface area contributed by atoms with Crippen LogP contribution in [0.4, 0.5) is 13.2 Å². The first kappa shape index (κ1) is 19.0. The third-order valence-corrected chi connectivity index (χ3v) is 4.24. The van der Waals surface area contributed by atoms with Gasteiger partial charge in [0.25, 0.3) is 0 Å². The van der Waals surface area contributed by atoms with Crippen molar-refractivity contribution < 1.29 is 22.3 Å². The van der Waals surface area contributed by atoms with Gasteiger partial charge in [-0.3, -0.25) is 4.98 Å². The molecule has 0 radical (unpaired) electrons. The fourth-order valence-electron chi connectivity index (χ4n) is 2.67. The van der Waals surface area contributed by atoms with E-state index in [1.807, 2.05) is 19.1 Å². The van der Waals surface area contributed by atoms with Gasteiger partial charge in [-0.2, -0.15) is 13.2 Å². The lowest BCUT2D eigenvalue weighted by atomic mass is 10.1. The number of hydrogen-bond acceptors (Lipinski definition) is 4. The standard InChI is InChI=1S/C20H19F3N2O2/c1-13(15-4-3-9-24-11-15)25-12-19-18(26-2)10-17(27-19)14-5-7-16(8-6-14)20(21,22)23/h3-11,13,25H,12H2,1-2H3. The summed E-state index contributed by atoms with van der Waals surface area (Å²) >= 11 is 0. The maximum absolute atomic E-state index is 12.7. The number of hydrogen-bond donors (Lipinski definition) is 1. The minimum absolute atomic E-state index is 0.0445. The summed E-state index contributed by atoms with van der Waals surface area (Å²) in [6.45, 7) is 2.41. The van der Waals surface area contributed by atoms with Gasteiger partial charge in [0.1, 0.15) is 5.76 Å². The van der Waals surface area contributed by atoms with E-state index in [4.69, 9.17) is 9.15 Å². The molecule has 7 heteroatoms. The van der Waals surface area contributed by atoms with Gasteiger partial charge in [0.2, 0.25) is 0 Å². The Morgan fingerprint density at radius 2 is 1.93 bits per heavy atom. The van der Waals surface area contributed by atoms with Gasteiger partial charge in [-0.05, 0) is 30.7 Å². The Bertz CT molecular complexity index is 874. The molecule has 142 valence electrons. The summed E-state index contributed by atoms with van der Waals surface area (Å²) in [6, 6.07) is 10.4. The number of pyridine rings is 1. The highest BCUT2D eigenvalue weighted by Crippen LogP contribution is 2.34. The van der Waals surface area contributed by atoms with E-state index in [1.165, 1.54) is 19.2 Å². The van der Waals surface area contributed by atoms with Gasteiger partial charge in [0.15, 0.2) is 11.5 Å². The number of halogens is 3. The van der Waals surface area contributed by atoms with Crippen molar-refractivity contribution >= 4 is 0 Å². The number of aromatic nitrogens is 1. The Kier molecular flexibility index (Phi) is 5.51. The van der Waals surface area contributed by atoms with Crippen LogP contribution in [0.15, 0.2) is 59.3 Å². The number of alkyl halides is 3. The lowest BCUT2D eigenvalue weighted by Gasteiger charge is -2.13. The van der Waals surface area contributed by atoms with E-state index in [2.05, 4.69) is 10.3 Å². The SMILES string of the molecule is COc1cc(-c2ccc(C(F)(F)F)cc2)oc1CNC(C)c1cccnc1. The van der Waals surface area contributed by atoms with E-state index < -0.39 is 11.7 Å². The number of methoxy groups -OCH3 is 1. The van der Waals surface area contributed by atoms with Crippen LogP contribution in [0.1, 0.15) is 29.9 Å². The van der Waals surface area contributed by atoms with E-state index >= 15 is 0 Å². The predicted molar refractivity (Wildman–Crippen MR) is 95.2 cm³/mol. The van der Waals surface area contributed by atoms with Gasteiger partial charge in [-0.15, -0.1) is 0 Å². The highest BCUT2D eigenvalue weighted by molar-refractivity contribution is 5.60. The topological polar surface area (TPSA) is 47.3 Å². The van der Waals surface area contributed by atoms with Crippen LogP contribution < -0.4 is 10.1 Å². The summed E-state index contributed by atoms with van der Waals surface area (Å²) in [6.07, 6.45) is -0.871. The Morgan fingerprint density at radius 3 is 2.52 bits per heavy atom. The van der Waals surface area contributed by atoms with Crippen molar-refractivity contribution in [1.29, 1.82) is 0 Å². The van der Waals surface area contributed by atoms with Crippen LogP contribution in [0.25, 0.3) is 11.3 Å². The van der Waals surface area contributed by atoms with Crippen LogP contribution in [0.3, 0.4) is 0 Å². The average molecular weight is 376 g/mol. The lowest BCUT2D eigenvalue weighted by Crippen LogP contribution is -2.18. The fourth-order valence-corrected chi connectivity index (χ4v) is 2.67. The van der Waals surface area contributed by atoms with Crippen molar-refractivity contribution in [3.8, 4) is 17.1 Å². The number of nitrogens with zero attached hydrogens (tertiary/aromatic N) is 1. The summed E-state index contributed by atoms with van der Waals surface area (Å²) < 4.78 is 49.3. The molecule has 27 heavy (non-hydrogen) atoms. The van der Waals surface area contributed by atoms with E-state index in [-0.39, 0.29) is 6.04 Å². The zero-order valence-electron chi connectivity index (χ0n) is 14.9. The Hall–Kier alpha value is -2.80. The van der Waals surface area contributed by atoms with Crippen molar-refractivity contribution in [3.05, 3.63) is 71.7 Å². The minimum Gasteiger partial charge on any atom is -0.493 e. The largest absolute Gasteiger partial charge is 0.493 e. The third kappa shape index (κ3) is 4.49. The molecule has 0 aliphatic rings. The Labute approximate surface area is 155 Å². The van der Waals surface area contributed by atoms with Gasteiger partial charge in [-0.1, -0.05) is 18.2 Å². The van der Waals surface area contributed by atoms with Crippen molar-refractivity contribution in [3.63, 3.8) is 0 Å². The van der Waals surface area contributed by atoms with E-state index in [1.54, 1.807) is 18.5 Å². The molecule has 0 spiro atoms. The summed E-state index contributed by atoms with van der Waals surface area (Å²) in [7, 11) is 1.52. The molecule has 3 aromatic rings. The molecular weight excluding hydrogens is 357 g/mol. The number of rotatable bonds is 6. The Balaban J connectivity index is 1.75. The average Bonchev–Trinajstić information content (AvgIpc) is 3.09. The van der Waals surface area contributed by atoms with Crippen LogP contribution in [-0.2, 0) is 12.7 Å². The van der Waals surface area contributed by atoms with Crippen LogP contribution in [-0.4, -0.2) is 12.1 Å². The molecule has 1 aromatic carbocycles. The van der Waals surface area contributed by atoms with Crippen molar-refractivity contribution in [2.75, 3.05) is 7.11 Å². The summed E-state index contributed by atoms with van der Waals surface area (Å²) in [5, 5.41) is 3.32. The van der Waals surface area contributed by atoms with Gasteiger partial charge in [-0.25, -0.2) is 0 Å². The van der Waals surface area contributed by atoms with Gasteiger partial charge in [0.05, 0.1) is 19.2 Å². The van der Waals surface area contributed by atoms with Crippen LogP contribution in [0.5, 0.6) is 5.75 Å². The molecule has 1 N–H and O–H groups in total. The second-order valence-electron chi connectivity index (χ2n) is 6.07. The first-order chi connectivity index (χ1) is 12.9. The van der Waals surface area contributed by atoms with Crippen LogP contribution in [0.2, 0.25) is 0 Å². The zero-order valence-corrected chi connectivity index (χ0v) is 14.9. The summed E-state index contributed by atoms with van der Waals surface area (Å²) in [5.74, 6) is 1.56. The maximum Gasteiger partial charge on any atom is 0.416 e. The van der Waals surface area contributed by atoms with E-state index in [0.29, 0.717) is 29.4 Å². The lowest BCUT2D eigenvalue weighted by molar-refractivity contribution is -0.137. The molecule has 0 fully saturated rings. The van der Waals surface area contributed by atoms with Crippen molar-refractivity contribution in [1.82, 2.24) is 10.3 Å². The minimum atomic E-state index is -4.36. The molecule has 0 bridgehead atoms. The van der Waals surface area contributed by atoms with E-state index in [9.17, 15) is 13.2 Å². The van der Waals surface area contributed by atoms with Gasteiger partial charge >= 0.3 is 6.18 Å². The molecule has 1 unspecified atom stereocenters. The Morgan fingerprint density at radius 1 is 1.19 bits per heavy atom. The molecule has 1 atom stereocenters. The number of ether oxygens (including phenoxy) is 1. The smallest absolute Gasteiger partial charge is 0.416 e. The molecule has 2 aromatic heterocycles. The summed E-state index contributed by atoms with van der Waals surface area (Å²) in [5.41, 5.74) is 0.885. The molecule has 4 nitrogen and oxygen atoms in total. The predicted octanol–water partition coefficient (Wildman–Crippen LogP) is 5.22. The second kappa shape index (κ2) is 7.84. The number of nitrogens with one attached hydrogen (secondary N) is 1. The molecule has 2 heterocycles. The molecule has 0 aliphatic carbocycles. The number of benzene rings is 1. The quantitative estimate of drug-likeness (QED) is 0.641. The van der Waals surface area contributed by atoms with E-state index in [0.717, 1.165) is 17.7 Å². The maximum atomic E-state index is 12.7. The molecule has 0 amide bonds. The summed E-state index contributed by atoms with van der Waals surface area (Å²) in [4.78, 5) is 4.09. The van der Waals surface area contributed by atoms with Crippen molar-refractivity contribution in [2.24, 2.45) is 0 Å². The highest BCUT2D eigenvalue weighted by Gasteiger charge is 2.30. The third-order valence-electron chi connectivity index (χ3n) is 4.24.